The zero-order chi connectivity index (χ0) is 13.9. The molecule has 3 aliphatic rings. The third kappa shape index (κ3) is 4.28. The average molecular weight is 352 g/mol. The van der Waals surface area contributed by atoms with E-state index in [4.69, 9.17) is 5.73 Å². The van der Waals surface area contributed by atoms with Gasteiger partial charge in [0.1, 0.15) is 0 Å². The molecule has 0 aromatic rings. The molecule has 3 rings (SSSR count). The highest BCUT2D eigenvalue weighted by atomic mass is 35.5. The van der Waals surface area contributed by atoms with Gasteiger partial charge in [0, 0.05) is 25.0 Å². The number of rotatable bonds is 4. The zero-order valence-electron chi connectivity index (χ0n) is 13.4. The smallest absolute Gasteiger partial charge is 0.226 e. The van der Waals surface area contributed by atoms with E-state index in [1.165, 1.54) is 45.2 Å². The van der Waals surface area contributed by atoms with Crippen molar-refractivity contribution in [3.05, 3.63) is 0 Å². The number of nitrogens with zero attached hydrogens (tertiary/aromatic N) is 2. The SMILES string of the molecule is Cl.Cl.NC[C@H]1CCC[C@H]1C(=O)N1CCCC1CN1CCCC1. The third-order valence-corrected chi connectivity index (χ3v) is 5.61. The first kappa shape index (κ1) is 20.0. The Balaban J connectivity index is 0.00000121. The largest absolute Gasteiger partial charge is 0.338 e. The van der Waals surface area contributed by atoms with Gasteiger partial charge in [0.05, 0.1) is 0 Å². The Morgan fingerprint density at radius 2 is 1.68 bits per heavy atom. The number of hydrogen-bond donors (Lipinski definition) is 1. The normalized spacial score (nSPS) is 31.9. The number of hydrogen-bond acceptors (Lipinski definition) is 3. The highest BCUT2D eigenvalue weighted by molar-refractivity contribution is 5.85. The maximum Gasteiger partial charge on any atom is 0.226 e. The molecule has 130 valence electrons. The van der Waals surface area contributed by atoms with Gasteiger partial charge in [0.25, 0.3) is 0 Å². The fourth-order valence-corrected chi connectivity index (χ4v) is 4.44. The lowest BCUT2D eigenvalue weighted by Gasteiger charge is -2.31. The van der Waals surface area contributed by atoms with Gasteiger partial charge >= 0.3 is 0 Å². The minimum atomic E-state index is 0. The molecule has 0 aromatic carbocycles. The van der Waals surface area contributed by atoms with Crippen LogP contribution in [0.4, 0.5) is 0 Å². The molecule has 0 radical (unpaired) electrons. The molecule has 2 heterocycles. The van der Waals surface area contributed by atoms with Crippen molar-refractivity contribution in [2.45, 2.75) is 51.0 Å². The highest BCUT2D eigenvalue weighted by Crippen LogP contribution is 2.34. The van der Waals surface area contributed by atoms with Crippen LogP contribution in [0, 0.1) is 11.8 Å². The second kappa shape index (κ2) is 9.31. The lowest BCUT2D eigenvalue weighted by Crippen LogP contribution is -2.46. The van der Waals surface area contributed by atoms with Crippen LogP contribution in [-0.2, 0) is 4.79 Å². The van der Waals surface area contributed by atoms with Gasteiger partial charge in [0.2, 0.25) is 5.91 Å². The van der Waals surface area contributed by atoms with Crippen LogP contribution in [0.1, 0.15) is 44.9 Å². The summed E-state index contributed by atoms with van der Waals surface area (Å²) in [6.07, 6.45) is 8.44. The van der Waals surface area contributed by atoms with Crippen molar-refractivity contribution < 1.29 is 4.79 Å². The summed E-state index contributed by atoms with van der Waals surface area (Å²) in [7, 11) is 0. The van der Waals surface area contributed by atoms with Crippen molar-refractivity contribution in [3.63, 3.8) is 0 Å². The number of nitrogens with two attached hydrogens (primary N) is 1. The van der Waals surface area contributed by atoms with E-state index in [2.05, 4.69) is 9.80 Å². The van der Waals surface area contributed by atoms with E-state index in [1.807, 2.05) is 0 Å². The molecule has 6 heteroatoms. The molecule has 1 saturated carbocycles. The fourth-order valence-electron chi connectivity index (χ4n) is 4.44. The quantitative estimate of drug-likeness (QED) is 0.845. The van der Waals surface area contributed by atoms with Crippen LogP contribution in [0.25, 0.3) is 0 Å². The Morgan fingerprint density at radius 3 is 2.36 bits per heavy atom. The van der Waals surface area contributed by atoms with E-state index in [1.54, 1.807) is 0 Å². The van der Waals surface area contributed by atoms with E-state index in [0.717, 1.165) is 25.9 Å². The van der Waals surface area contributed by atoms with Gasteiger partial charge < -0.3 is 15.5 Å². The highest BCUT2D eigenvalue weighted by Gasteiger charge is 2.39. The first-order valence-electron chi connectivity index (χ1n) is 8.52. The minimum Gasteiger partial charge on any atom is -0.338 e. The lowest BCUT2D eigenvalue weighted by atomic mass is 9.94. The molecular formula is C16H31Cl2N3O. The summed E-state index contributed by atoms with van der Waals surface area (Å²) in [5.41, 5.74) is 5.85. The van der Waals surface area contributed by atoms with E-state index in [-0.39, 0.29) is 30.7 Å². The summed E-state index contributed by atoms with van der Waals surface area (Å²) in [5.74, 6) is 1.08. The van der Waals surface area contributed by atoms with Crippen LogP contribution in [0.2, 0.25) is 0 Å². The molecule has 3 atom stereocenters. The van der Waals surface area contributed by atoms with E-state index in [9.17, 15) is 4.79 Å². The van der Waals surface area contributed by atoms with Gasteiger partial charge in [-0.1, -0.05) is 6.42 Å². The van der Waals surface area contributed by atoms with Crippen molar-refractivity contribution >= 4 is 30.7 Å². The van der Waals surface area contributed by atoms with Crippen LogP contribution in [0.5, 0.6) is 0 Å². The Bertz CT molecular complexity index is 350. The molecule has 2 aliphatic heterocycles. The minimum absolute atomic E-state index is 0. The summed E-state index contributed by atoms with van der Waals surface area (Å²) in [6.45, 7) is 5.22. The molecule has 0 spiro atoms. The van der Waals surface area contributed by atoms with Crippen LogP contribution in [-0.4, -0.2) is 54.5 Å². The molecule has 4 nitrogen and oxygen atoms in total. The molecule has 1 amide bonds. The van der Waals surface area contributed by atoms with Gasteiger partial charge in [-0.3, -0.25) is 4.79 Å². The van der Waals surface area contributed by atoms with Gasteiger partial charge in [-0.15, -0.1) is 24.8 Å². The predicted octanol–water partition coefficient (Wildman–Crippen LogP) is 2.29. The maximum absolute atomic E-state index is 12.9. The Morgan fingerprint density at radius 1 is 0.955 bits per heavy atom. The summed E-state index contributed by atoms with van der Waals surface area (Å²) in [5, 5.41) is 0. The summed E-state index contributed by atoms with van der Waals surface area (Å²) < 4.78 is 0. The molecule has 1 aliphatic carbocycles. The van der Waals surface area contributed by atoms with Gasteiger partial charge in [-0.2, -0.15) is 0 Å². The number of halogens is 2. The molecule has 2 saturated heterocycles. The first-order chi connectivity index (χ1) is 9.79. The molecule has 0 aromatic heterocycles. The predicted molar refractivity (Wildman–Crippen MR) is 94.8 cm³/mol. The second-order valence-electron chi connectivity index (χ2n) is 6.87. The van der Waals surface area contributed by atoms with Crippen molar-refractivity contribution in [1.82, 2.24) is 9.80 Å². The zero-order valence-corrected chi connectivity index (χ0v) is 15.0. The Kier molecular flexibility index (Phi) is 8.47. The Labute approximate surface area is 147 Å². The Hall–Kier alpha value is -0.0300. The van der Waals surface area contributed by atoms with Crippen molar-refractivity contribution in [2.24, 2.45) is 17.6 Å². The number of amides is 1. The third-order valence-electron chi connectivity index (χ3n) is 5.61. The van der Waals surface area contributed by atoms with Crippen molar-refractivity contribution in [2.75, 3.05) is 32.7 Å². The van der Waals surface area contributed by atoms with Gasteiger partial charge in [-0.25, -0.2) is 0 Å². The van der Waals surface area contributed by atoms with E-state index >= 15 is 0 Å². The van der Waals surface area contributed by atoms with Gasteiger partial charge in [0.15, 0.2) is 0 Å². The average Bonchev–Trinajstić information content (AvgIpc) is 3.19. The second-order valence-corrected chi connectivity index (χ2v) is 6.87. The lowest BCUT2D eigenvalue weighted by molar-refractivity contribution is -0.137. The summed E-state index contributed by atoms with van der Waals surface area (Å²) in [4.78, 5) is 17.6. The van der Waals surface area contributed by atoms with Crippen LogP contribution in [0.3, 0.4) is 0 Å². The number of carbonyl (C=O) groups is 1. The molecule has 3 fully saturated rings. The molecule has 0 bridgehead atoms. The maximum atomic E-state index is 12.9. The van der Waals surface area contributed by atoms with Gasteiger partial charge in [-0.05, 0) is 64.1 Å². The van der Waals surface area contributed by atoms with Crippen molar-refractivity contribution in [1.29, 1.82) is 0 Å². The molecule has 22 heavy (non-hydrogen) atoms. The van der Waals surface area contributed by atoms with Crippen LogP contribution in [0.15, 0.2) is 0 Å². The fraction of sp³-hybridized carbons (Fsp3) is 0.938. The number of likely N-dealkylation sites (tertiary alicyclic amines) is 2. The van der Waals surface area contributed by atoms with E-state index < -0.39 is 0 Å². The topological polar surface area (TPSA) is 49.6 Å². The standard InChI is InChI=1S/C16H29N3O.2ClH/c17-11-13-5-3-7-15(13)16(20)19-10-4-6-14(19)12-18-8-1-2-9-18;;/h13-15H,1-12,17H2;2*1H/t13-,14?,15-;;/m1../s1. The van der Waals surface area contributed by atoms with E-state index in [0.29, 0.717) is 24.4 Å². The van der Waals surface area contributed by atoms with Crippen LogP contribution >= 0.6 is 24.8 Å². The van der Waals surface area contributed by atoms with Crippen molar-refractivity contribution in [3.8, 4) is 0 Å². The first-order valence-corrected chi connectivity index (χ1v) is 8.52. The molecular weight excluding hydrogens is 321 g/mol. The monoisotopic (exact) mass is 351 g/mol. The van der Waals surface area contributed by atoms with Crippen LogP contribution < -0.4 is 5.73 Å². The number of carbonyl (C=O) groups excluding carboxylic acids is 1. The summed E-state index contributed by atoms with van der Waals surface area (Å²) >= 11 is 0. The molecule has 2 N–H and O–H groups in total. The summed E-state index contributed by atoms with van der Waals surface area (Å²) in [6, 6.07) is 0.472. The molecule has 1 unspecified atom stereocenters.